The van der Waals surface area contributed by atoms with E-state index in [0.717, 1.165) is 16.7 Å². The second kappa shape index (κ2) is 9.66. The Bertz CT molecular complexity index is 997. The highest BCUT2D eigenvalue weighted by atomic mass is 32.1. The van der Waals surface area contributed by atoms with Crippen molar-refractivity contribution in [3.8, 4) is 11.1 Å². The lowest BCUT2D eigenvalue weighted by Gasteiger charge is -2.08. The van der Waals surface area contributed by atoms with Crippen LogP contribution in [0.25, 0.3) is 11.1 Å². The van der Waals surface area contributed by atoms with Crippen molar-refractivity contribution in [2.24, 2.45) is 0 Å². The zero-order valence-electron chi connectivity index (χ0n) is 15.8. The highest BCUT2D eigenvalue weighted by Gasteiger charge is 2.15. The third kappa shape index (κ3) is 5.52. The molecule has 0 aliphatic rings. The Morgan fingerprint density at radius 3 is 2.38 bits per heavy atom. The van der Waals surface area contributed by atoms with Crippen LogP contribution >= 0.6 is 11.3 Å². The molecule has 0 aliphatic carbocycles. The molecule has 148 valence electrons. The van der Waals surface area contributed by atoms with Crippen molar-refractivity contribution in [3.63, 3.8) is 0 Å². The molecule has 0 spiro atoms. The summed E-state index contributed by atoms with van der Waals surface area (Å²) in [5, 5.41) is 7.28. The first-order valence-electron chi connectivity index (χ1n) is 8.93. The van der Waals surface area contributed by atoms with Crippen molar-refractivity contribution in [1.29, 1.82) is 0 Å². The maximum atomic E-state index is 12.7. The second-order valence-electron chi connectivity index (χ2n) is 6.21. The zero-order chi connectivity index (χ0) is 20.6. The molecule has 0 saturated heterocycles. The average molecular weight is 408 g/mol. The number of benzene rings is 2. The van der Waals surface area contributed by atoms with Gasteiger partial charge in [0.25, 0.3) is 5.91 Å². The molecule has 2 N–H and O–H groups in total. The van der Waals surface area contributed by atoms with Gasteiger partial charge in [0, 0.05) is 11.3 Å². The molecule has 2 amide bonds. The summed E-state index contributed by atoms with van der Waals surface area (Å²) in [4.78, 5) is 36.2. The molecule has 3 rings (SSSR count). The van der Waals surface area contributed by atoms with Crippen molar-refractivity contribution in [1.82, 2.24) is 5.32 Å². The van der Waals surface area contributed by atoms with E-state index in [1.807, 2.05) is 41.8 Å². The van der Waals surface area contributed by atoms with Crippen molar-refractivity contribution in [2.75, 3.05) is 19.0 Å². The Morgan fingerprint density at radius 1 is 0.966 bits per heavy atom. The van der Waals surface area contributed by atoms with E-state index >= 15 is 0 Å². The van der Waals surface area contributed by atoms with Crippen molar-refractivity contribution < 1.29 is 19.1 Å². The molecule has 3 aromatic rings. The third-order valence-corrected chi connectivity index (χ3v) is 5.10. The number of anilines is 1. The largest absolute Gasteiger partial charge is 0.468 e. The standard InChI is InChI=1S/C22H20N2O4S/c1-28-20(26)14-23-19(25)13-15-7-9-17(10-8-15)24-22(27)21-18(11-12-29-21)16-5-3-2-4-6-16/h2-12H,13-14H2,1H3,(H,23,25)(H,24,27). The molecule has 0 radical (unpaired) electrons. The molecule has 7 heteroatoms. The summed E-state index contributed by atoms with van der Waals surface area (Å²) in [6.45, 7) is -0.159. The summed E-state index contributed by atoms with van der Waals surface area (Å²) in [5.41, 5.74) is 3.30. The maximum Gasteiger partial charge on any atom is 0.325 e. The van der Waals surface area contributed by atoms with Crippen LogP contribution in [-0.2, 0) is 20.7 Å². The Balaban J connectivity index is 1.61. The lowest BCUT2D eigenvalue weighted by atomic mass is 10.1. The summed E-state index contributed by atoms with van der Waals surface area (Å²) in [5.74, 6) is -0.958. The highest BCUT2D eigenvalue weighted by molar-refractivity contribution is 7.12. The monoisotopic (exact) mass is 408 g/mol. The Hall–Kier alpha value is -3.45. The normalized spacial score (nSPS) is 10.2. The smallest absolute Gasteiger partial charge is 0.325 e. The van der Waals surface area contributed by atoms with Gasteiger partial charge in [0.05, 0.1) is 18.4 Å². The number of amides is 2. The van der Waals surface area contributed by atoms with Gasteiger partial charge in [0.15, 0.2) is 0 Å². The van der Waals surface area contributed by atoms with E-state index in [-0.39, 0.29) is 24.8 Å². The van der Waals surface area contributed by atoms with Crippen LogP contribution in [0.15, 0.2) is 66.0 Å². The molecule has 1 aromatic heterocycles. The predicted molar refractivity (Wildman–Crippen MR) is 113 cm³/mol. The zero-order valence-corrected chi connectivity index (χ0v) is 16.6. The number of methoxy groups -OCH3 is 1. The van der Waals surface area contributed by atoms with E-state index in [9.17, 15) is 14.4 Å². The fourth-order valence-corrected chi connectivity index (χ4v) is 3.53. The van der Waals surface area contributed by atoms with E-state index in [0.29, 0.717) is 10.6 Å². The van der Waals surface area contributed by atoms with Crippen LogP contribution in [-0.4, -0.2) is 31.4 Å². The van der Waals surface area contributed by atoms with Gasteiger partial charge in [-0.15, -0.1) is 11.3 Å². The Kier molecular flexibility index (Phi) is 6.76. The first-order valence-corrected chi connectivity index (χ1v) is 9.81. The van der Waals surface area contributed by atoms with Gasteiger partial charge >= 0.3 is 5.97 Å². The summed E-state index contributed by atoms with van der Waals surface area (Å²) >= 11 is 1.39. The number of ether oxygens (including phenoxy) is 1. The third-order valence-electron chi connectivity index (χ3n) is 4.19. The molecular weight excluding hydrogens is 388 g/mol. The van der Waals surface area contributed by atoms with Crippen molar-refractivity contribution in [2.45, 2.75) is 6.42 Å². The lowest BCUT2D eigenvalue weighted by molar-refractivity contribution is -0.141. The van der Waals surface area contributed by atoms with Gasteiger partial charge in [0.1, 0.15) is 6.54 Å². The van der Waals surface area contributed by atoms with Crippen LogP contribution in [0.4, 0.5) is 5.69 Å². The van der Waals surface area contributed by atoms with Gasteiger partial charge in [0.2, 0.25) is 5.91 Å². The van der Waals surface area contributed by atoms with Crippen LogP contribution in [0.1, 0.15) is 15.2 Å². The lowest BCUT2D eigenvalue weighted by Crippen LogP contribution is -2.31. The average Bonchev–Trinajstić information content (AvgIpc) is 3.24. The van der Waals surface area contributed by atoms with Crippen molar-refractivity contribution in [3.05, 3.63) is 76.5 Å². The van der Waals surface area contributed by atoms with E-state index in [1.54, 1.807) is 24.3 Å². The minimum Gasteiger partial charge on any atom is -0.468 e. The molecule has 0 unspecified atom stereocenters. The SMILES string of the molecule is COC(=O)CNC(=O)Cc1ccc(NC(=O)c2sccc2-c2ccccc2)cc1. The number of carbonyl (C=O) groups excluding carboxylic acids is 3. The van der Waals surface area contributed by atoms with Gasteiger partial charge in [-0.3, -0.25) is 14.4 Å². The van der Waals surface area contributed by atoms with Crippen LogP contribution in [0.5, 0.6) is 0 Å². The van der Waals surface area contributed by atoms with Crippen LogP contribution in [0.2, 0.25) is 0 Å². The number of thiophene rings is 1. The van der Waals surface area contributed by atoms with E-state index in [1.165, 1.54) is 18.4 Å². The quantitative estimate of drug-likeness (QED) is 0.586. The van der Waals surface area contributed by atoms with Crippen LogP contribution in [0.3, 0.4) is 0 Å². The topological polar surface area (TPSA) is 84.5 Å². The second-order valence-corrected chi connectivity index (χ2v) is 7.13. The summed E-state index contributed by atoms with van der Waals surface area (Å²) < 4.78 is 4.48. The first kappa shape index (κ1) is 20.3. The number of hydrogen-bond donors (Lipinski definition) is 2. The van der Waals surface area contributed by atoms with Gasteiger partial charge in [-0.1, -0.05) is 42.5 Å². The van der Waals surface area contributed by atoms with Gasteiger partial charge < -0.3 is 15.4 Å². The van der Waals surface area contributed by atoms with Gasteiger partial charge in [-0.2, -0.15) is 0 Å². The molecule has 0 saturated carbocycles. The maximum absolute atomic E-state index is 12.7. The molecule has 0 aliphatic heterocycles. The fraction of sp³-hybridized carbons (Fsp3) is 0.136. The van der Waals surface area contributed by atoms with Crippen molar-refractivity contribution >= 4 is 34.8 Å². The number of hydrogen-bond acceptors (Lipinski definition) is 5. The first-order chi connectivity index (χ1) is 14.1. The molecule has 1 heterocycles. The fourth-order valence-electron chi connectivity index (χ4n) is 2.71. The molecule has 0 bridgehead atoms. The van der Waals surface area contributed by atoms with Crippen LogP contribution in [0, 0.1) is 0 Å². The van der Waals surface area contributed by atoms with E-state index < -0.39 is 5.97 Å². The minimum atomic E-state index is -0.500. The highest BCUT2D eigenvalue weighted by Crippen LogP contribution is 2.29. The number of carbonyl (C=O) groups is 3. The number of rotatable bonds is 7. The van der Waals surface area contributed by atoms with E-state index in [4.69, 9.17) is 0 Å². The number of nitrogens with one attached hydrogen (secondary N) is 2. The molecule has 29 heavy (non-hydrogen) atoms. The Labute approximate surface area is 172 Å². The summed E-state index contributed by atoms with van der Waals surface area (Å²) in [7, 11) is 1.26. The molecule has 6 nitrogen and oxygen atoms in total. The Morgan fingerprint density at radius 2 is 1.69 bits per heavy atom. The van der Waals surface area contributed by atoms with Gasteiger partial charge in [-0.25, -0.2) is 0 Å². The molecule has 2 aromatic carbocycles. The predicted octanol–water partition coefficient (Wildman–Crippen LogP) is 3.50. The van der Waals surface area contributed by atoms with Crippen LogP contribution < -0.4 is 10.6 Å². The summed E-state index contributed by atoms with van der Waals surface area (Å²) in [6, 6.07) is 18.7. The minimum absolute atomic E-state index is 0.133. The molecule has 0 atom stereocenters. The molecular formula is C22H20N2O4S. The molecule has 0 fully saturated rings. The summed E-state index contributed by atoms with van der Waals surface area (Å²) in [6.07, 6.45) is 0.133. The van der Waals surface area contributed by atoms with E-state index in [2.05, 4.69) is 15.4 Å². The number of esters is 1. The van der Waals surface area contributed by atoms with Gasteiger partial charge in [-0.05, 0) is 34.7 Å².